The normalized spacial score (nSPS) is 12.4. The fraction of sp³-hybridized carbons (Fsp3) is 0.500. The Morgan fingerprint density at radius 2 is 2.50 bits per heavy atom. The molecule has 0 bridgehead atoms. The molecule has 1 unspecified atom stereocenters. The zero-order valence-electron chi connectivity index (χ0n) is 7.73. The number of carboxylic acid groups (broad SMARTS) is 1. The van der Waals surface area contributed by atoms with Crippen LogP contribution in [0.5, 0.6) is 0 Å². The molecule has 1 rings (SSSR count). The maximum atomic E-state index is 10.3. The van der Waals surface area contributed by atoms with Crippen LogP contribution in [0.2, 0.25) is 0 Å². The van der Waals surface area contributed by atoms with E-state index in [1.165, 1.54) is 11.3 Å². The number of nitrogens with one attached hydrogen (secondary N) is 1. The number of rotatable bonds is 5. The maximum Gasteiger partial charge on any atom is 0.309 e. The van der Waals surface area contributed by atoms with Crippen LogP contribution in [0.4, 0.5) is 5.13 Å². The second kappa shape index (κ2) is 4.92. The van der Waals surface area contributed by atoms with Gasteiger partial charge in [0.05, 0.1) is 18.2 Å². The number of nitrogens with zero attached hydrogens (tertiary/aromatic N) is 1. The fourth-order valence-corrected chi connectivity index (χ4v) is 1.58. The molecule has 0 aliphatic heterocycles. The number of carboxylic acids is 1. The van der Waals surface area contributed by atoms with E-state index in [0.717, 1.165) is 0 Å². The summed E-state index contributed by atoms with van der Waals surface area (Å²) in [5, 5.41) is 22.7. The molecule has 0 radical (unpaired) electrons. The molecule has 1 aromatic heterocycles. The standard InChI is InChI=1S/C8H12N2O3S/c1-5(11)3-9-8-10-6(4-14-8)2-7(12)13/h4-5,11H,2-3H2,1H3,(H,9,10)(H,12,13). The summed E-state index contributed by atoms with van der Waals surface area (Å²) < 4.78 is 0. The third-order valence-electron chi connectivity index (χ3n) is 1.43. The molecule has 5 nitrogen and oxygen atoms in total. The van der Waals surface area contributed by atoms with Gasteiger partial charge in [-0.2, -0.15) is 0 Å². The van der Waals surface area contributed by atoms with E-state index in [2.05, 4.69) is 10.3 Å². The average Bonchev–Trinajstić information content (AvgIpc) is 2.47. The Kier molecular flexibility index (Phi) is 3.84. The second-order valence-corrected chi connectivity index (χ2v) is 3.80. The van der Waals surface area contributed by atoms with Crippen LogP contribution in [0, 0.1) is 0 Å². The first kappa shape index (κ1) is 10.9. The Balaban J connectivity index is 2.46. The van der Waals surface area contributed by atoms with E-state index in [-0.39, 0.29) is 6.42 Å². The zero-order chi connectivity index (χ0) is 10.6. The SMILES string of the molecule is CC(O)CNc1nc(CC(=O)O)cs1. The lowest BCUT2D eigenvalue weighted by Crippen LogP contribution is -2.15. The molecule has 78 valence electrons. The Labute approximate surface area is 85.4 Å². The minimum absolute atomic E-state index is 0.0626. The predicted molar refractivity (Wildman–Crippen MR) is 53.6 cm³/mol. The highest BCUT2D eigenvalue weighted by molar-refractivity contribution is 7.13. The molecule has 1 atom stereocenters. The van der Waals surface area contributed by atoms with Crippen LogP contribution in [0.25, 0.3) is 0 Å². The van der Waals surface area contributed by atoms with Crippen molar-refractivity contribution in [3.8, 4) is 0 Å². The third kappa shape index (κ3) is 3.71. The Morgan fingerprint density at radius 1 is 1.79 bits per heavy atom. The van der Waals surface area contributed by atoms with E-state index in [0.29, 0.717) is 17.4 Å². The molecular formula is C8H12N2O3S. The largest absolute Gasteiger partial charge is 0.481 e. The monoisotopic (exact) mass is 216 g/mol. The number of aromatic nitrogens is 1. The molecule has 6 heteroatoms. The molecule has 0 spiro atoms. The fourth-order valence-electron chi connectivity index (χ4n) is 0.859. The summed E-state index contributed by atoms with van der Waals surface area (Å²) in [5.41, 5.74) is 0.538. The van der Waals surface area contributed by atoms with Gasteiger partial charge in [0.2, 0.25) is 0 Å². The molecule has 1 aromatic rings. The van der Waals surface area contributed by atoms with Crippen LogP contribution >= 0.6 is 11.3 Å². The van der Waals surface area contributed by atoms with Crippen molar-refractivity contribution in [3.05, 3.63) is 11.1 Å². The van der Waals surface area contributed by atoms with Crippen molar-refractivity contribution in [2.24, 2.45) is 0 Å². The maximum absolute atomic E-state index is 10.3. The van der Waals surface area contributed by atoms with Gasteiger partial charge in [0, 0.05) is 11.9 Å². The number of anilines is 1. The molecule has 0 aromatic carbocycles. The smallest absolute Gasteiger partial charge is 0.309 e. The van der Waals surface area contributed by atoms with Gasteiger partial charge in [-0.25, -0.2) is 4.98 Å². The quantitative estimate of drug-likeness (QED) is 0.670. The van der Waals surface area contributed by atoms with E-state index in [9.17, 15) is 4.79 Å². The van der Waals surface area contributed by atoms with Crippen molar-refractivity contribution in [2.45, 2.75) is 19.4 Å². The molecule has 1 heterocycles. The summed E-state index contributed by atoms with van der Waals surface area (Å²) in [6, 6.07) is 0. The Bertz CT molecular complexity index is 311. The Hall–Kier alpha value is -1.14. The van der Waals surface area contributed by atoms with Gasteiger partial charge in [-0.15, -0.1) is 11.3 Å². The van der Waals surface area contributed by atoms with Crippen LogP contribution in [0.15, 0.2) is 5.38 Å². The third-order valence-corrected chi connectivity index (χ3v) is 2.28. The average molecular weight is 216 g/mol. The highest BCUT2D eigenvalue weighted by atomic mass is 32.1. The van der Waals surface area contributed by atoms with E-state index >= 15 is 0 Å². The number of hydrogen-bond donors (Lipinski definition) is 3. The van der Waals surface area contributed by atoms with Crippen molar-refractivity contribution in [1.82, 2.24) is 4.98 Å². The number of aliphatic hydroxyl groups excluding tert-OH is 1. The second-order valence-electron chi connectivity index (χ2n) is 2.94. The van der Waals surface area contributed by atoms with Gasteiger partial charge in [-0.05, 0) is 6.92 Å². The van der Waals surface area contributed by atoms with Gasteiger partial charge in [0.1, 0.15) is 0 Å². The highest BCUT2D eigenvalue weighted by Gasteiger charge is 2.06. The number of aliphatic carboxylic acids is 1. The van der Waals surface area contributed by atoms with Gasteiger partial charge in [-0.3, -0.25) is 4.79 Å². The van der Waals surface area contributed by atoms with Crippen LogP contribution < -0.4 is 5.32 Å². The number of carbonyl (C=O) groups is 1. The summed E-state index contributed by atoms with van der Waals surface area (Å²) in [7, 11) is 0. The van der Waals surface area contributed by atoms with Crippen molar-refractivity contribution in [1.29, 1.82) is 0 Å². The first-order valence-corrected chi connectivity index (χ1v) is 5.04. The van der Waals surface area contributed by atoms with Crippen LogP contribution in [0.1, 0.15) is 12.6 Å². The summed E-state index contributed by atoms with van der Waals surface area (Å²) in [6.07, 6.45) is -0.505. The van der Waals surface area contributed by atoms with Gasteiger partial charge in [-0.1, -0.05) is 0 Å². The summed E-state index contributed by atoms with van der Waals surface area (Å²) >= 11 is 1.34. The van der Waals surface area contributed by atoms with Gasteiger partial charge in [0.15, 0.2) is 5.13 Å². The molecule has 0 saturated heterocycles. The summed E-state index contributed by atoms with van der Waals surface area (Å²) in [6.45, 7) is 2.08. The van der Waals surface area contributed by atoms with Gasteiger partial charge >= 0.3 is 5.97 Å². The first-order valence-electron chi connectivity index (χ1n) is 4.16. The molecule has 14 heavy (non-hydrogen) atoms. The van der Waals surface area contributed by atoms with Crippen LogP contribution in [-0.4, -0.2) is 33.8 Å². The van der Waals surface area contributed by atoms with Crippen LogP contribution in [-0.2, 0) is 11.2 Å². The zero-order valence-corrected chi connectivity index (χ0v) is 8.54. The predicted octanol–water partition coefficient (Wildman–Crippen LogP) is 0.563. The molecule has 0 amide bonds. The van der Waals surface area contributed by atoms with E-state index < -0.39 is 12.1 Å². The van der Waals surface area contributed by atoms with Gasteiger partial charge in [0.25, 0.3) is 0 Å². The highest BCUT2D eigenvalue weighted by Crippen LogP contribution is 2.15. The minimum atomic E-state index is -0.891. The molecule has 0 saturated carbocycles. The van der Waals surface area contributed by atoms with Crippen LogP contribution in [0.3, 0.4) is 0 Å². The van der Waals surface area contributed by atoms with Crippen molar-refractivity contribution in [3.63, 3.8) is 0 Å². The lowest BCUT2D eigenvalue weighted by molar-refractivity contribution is -0.136. The number of hydrogen-bond acceptors (Lipinski definition) is 5. The van der Waals surface area contributed by atoms with E-state index in [4.69, 9.17) is 10.2 Å². The molecular weight excluding hydrogens is 204 g/mol. The number of thiazole rings is 1. The summed E-state index contributed by atoms with van der Waals surface area (Å²) in [5.74, 6) is -0.891. The number of aliphatic hydroxyl groups is 1. The minimum Gasteiger partial charge on any atom is -0.481 e. The van der Waals surface area contributed by atoms with Crippen molar-refractivity contribution >= 4 is 22.4 Å². The summed E-state index contributed by atoms with van der Waals surface area (Å²) in [4.78, 5) is 14.4. The molecule has 0 aliphatic carbocycles. The van der Waals surface area contributed by atoms with E-state index in [1.807, 2.05) is 0 Å². The molecule has 0 fully saturated rings. The molecule has 3 N–H and O–H groups in total. The van der Waals surface area contributed by atoms with Crippen molar-refractivity contribution < 1.29 is 15.0 Å². The lowest BCUT2D eigenvalue weighted by atomic mass is 10.3. The molecule has 0 aliphatic rings. The first-order chi connectivity index (χ1) is 6.58. The van der Waals surface area contributed by atoms with E-state index in [1.54, 1.807) is 12.3 Å². The lowest BCUT2D eigenvalue weighted by Gasteiger charge is -2.03. The topological polar surface area (TPSA) is 82.5 Å². The Morgan fingerprint density at radius 3 is 3.07 bits per heavy atom. The van der Waals surface area contributed by atoms with Gasteiger partial charge < -0.3 is 15.5 Å². The van der Waals surface area contributed by atoms with Crippen molar-refractivity contribution in [2.75, 3.05) is 11.9 Å².